The summed E-state index contributed by atoms with van der Waals surface area (Å²) in [7, 11) is 0. The molecular weight excluding hydrogens is 256 g/mol. The maximum absolute atomic E-state index is 12.2. The number of nitrogens with two attached hydrogens (primary N) is 1. The molecule has 0 aliphatic heterocycles. The molecule has 5 nitrogen and oxygen atoms in total. The molecule has 0 bridgehead atoms. The molecule has 1 amide bonds. The van der Waals surface area contributed by atoms with Crippen LogP contribution in [-0.4, -0.2) is 41.5 Å². The van der Waals surface area contributed by atoms with Crippen LogP contribution in [0.5, 0.6) is 0 Å². The number of hydrogen-bond acceptors (Lipinski definition) is 3. The van der Waals surface area contributed by atoms with Gasteiger partial charge in [-0.2, -0.15) is 0 Å². The van der Waals surface area contributed by atoms with Gasteiger partial charge in [0.25, 0.3) is 0 Å². The first-order chi connectivity index (χ1) is 9.43. The second kappa shape index (κ2) is 8.25. The summed E-state index contributed by atoms with van der Waals surface area (Å²) in [4.78, 5) is 24.6. The molecule has 20 heavy (non-hydrogen) atoms. The molecule has 0 heterocycles. The minimum atomic E-state index is -0.929. The van der Waals surface area contributed by atoms with Gasteiger partial charge < -0.3 is 15.7 Å². The SMILES string of the molecule is CC(C)C(CCN)CCC(=O)N(CC(=O)O)CC1CC1. The van der Waals surface area contributed by atoms with Crippen molar-refractivity contribution in [2.24, 2.45) is 23.5 Å². The number of carbonyl (C=O) groups excluding carboxylic acids is 1. The Balaban J connectivity index is 2.44. The van der Waals surface area contributed by atoms with Gasteiger partial charge in [-0.05, 0) is 50.0 Å². The van der Waals surface area contributed by atoms with Crippen molar-refractivity contribution in [1.82, 2.24) is 4.90 Å². The van der Waals surface area contributed by atoms with Crippen LogP contribution in [0.3, 0.4) is 0 Å². The molecule has 0 spiro atoms. The van der Waals surface area contributed by atoms with Crippen LogP contribution in [0.25, 0.3) is 0 Å². The molecule has 3 N–H and O–H groups in total. The number of carbonyl (C=O) groups is 2. The van der Waals surface area contributed by atoms with E-state index in [1.54, 1.807) is 0 Å². The molecule has 0 radical (unpaired) electrons. The van der Waals surface area contributed by atoms with Gasteiger partial charge in [0.2, 0.25) is 5.91 Å². The third kappa shape index (κ3) is 6.37. The summed E-state index contributed by atoms with van der Waals surface area (Å²) in [5, 5.41) is 8.91. The van der Waals surface area contributed by atoms with Gasteiger partial charge in [-0.25, -0.2) is 0 Å². The van der Waals surface area contributed by atoms with Crippen molar-refractivity contribution >= 4 is 11.9 Å². The summed E-state index contributed by atoms with van der Waals surface area (Å²) in [6.07, 6.45) is 4.39. The van der Waals surface area contributed by atoms with Crippen molar-refractivity contribution in [3.63, 3.8) is 0 Å². The van der Waals surface area contributed by atoms with Gasteiger partial charge in [0.05, 0.1) is 0 Å². The van der Waals surface area contributed by atoms with Crippen LogP contribution < -0.4 is 5.73 Å². The Morgan fingerprint density at radius 3 is 2.40 bits per heavy atom. The van der Waals surface area contributed by atoms with Gasteiger partial charge in [0.15, 0.2) is 0 Å². The number of carboxylic acids is 1. The molecule has 116 valence electrons. The number of aliphatic carboxylic acids is 1. The first kappa shape index (κ1) is 17.0. The van der Waals surface area contributed by atoms with Gasteiger partial charge in [0.1, 0.15) is 6.54 Å². The minimum Gasteiger partial charge on any atom is -0.480 e. The Labute approximate surface area is 121 Å². The van der Waals surface area contributed by atoms with Crippen LogP contribution in [0.1, 0.15) is 46.0 Å². The molecule has 0 aromatic heterocycles. The van der Waals surface area contributed by atoms with Crippen LogP contribution in [0.15, 0.2) is 0 Å². The summed E-state index contributed by atoms with van der Waals surface area (Å²) in [6, 6.07) is 0. The Morgan fingerprint density at radius 2 is 1.95 bits per heavy atom. The topological polar surface area (TPSA) is 83.6 Å². The summed E-state index contributed by atoms with van der Waals surface area (Å²) in [6.45, 7) is 5.36. The van der Waals surface area contributed by atoms with Crippen LogP contribution in [0.2, 0.25) is 0 Å². The Kier molecular flexibility index (Phi) is 6.99. The van der Waals surface area contributed by atoms with E-state index in [9.17, 15) is 9.59 Å². The predicted octanol–water partition coefficient (Wildman–Crippen LogP) is 1.71. The van der Waals surface area contributed by atoms with Gasteiger partial charge in [-0.1, -0.05) is 13.8 Å². The van der Waals surface area contributed by atoms with E-state index in [2.05, 4.69) is 13.8 Å². The van der Waals surface area contributed by atoms with Crippen LogP contribution >= 0.6 is 0 Å². The summed E-state index contributed by atoms with van der Waals surface area (Å²) in [5.74, 6) is 0.505. The number of carboxylic acid groups (broad SMARTS) is 1. The van der Waals surface area contributed by atoms with Crippen molar-refractivity contribution < 1.29 is 14.7 Å². The zero-order valence-electron chi connectivity index (χ0n) is 12.7. The molecule has 0 saturated heterocycles. The lowest BCUT2D eigenvalue weighted by atomic mass is 9.88. The van der Waals surface area contributed by atoms with Crippen molar-refractivity contribution in [2.75, 3.05) is 19.6 Å². The lowest BCUT2D eigenvalue weighted by Crippen LogP contribution is -2.37. The largest absolute Gasteiger partial charge is 0.480 e. The first-order valence-electron chi connectivity index (χ1n) is 7.63. The fourth-order valence-corrected chi connectivity index (χ4v) is 2.52. The van der Waals surface area contributed by atoms with E-state index in [0.29, 0.717) is 37.3 Å². The van der Waals surface area contributed by atoms with E-state index in [1.165, 1.54) is 4.90 Å². The van der Waals surface area contributed by atoms with Crippen molar-refractivity contribution in [2.45, 2.75) is 46.0 Å². The normalized spacial score (nSPS) is 16.2. The summed E-state index contributed by atoms with van der Waals surface area (Å²) in [5.41, 5.74) is 5.60. The lowest BCUT2D eigenvalue weighted by Gasteiger charge is -2.24. The molecule has 1 aliphatic carbocycles. The zero-order chi connectivity index (χ0) is 15.1. The molecule has 1 unspecified atom stereocenters. The Morgan fingerprint density at radius 1 is 1.30 bits per heavy atom. The highest BCUT2D eigenvalue weighted by Crippen LogP contribution is 2.30. The molecule has 5 heteroatoms. The quantitative estimate of drug-likeness (QED) is 0.639. The second-order valence-corrected chi connectivity index (χ2v) is 6.23. The molecule has 0 aromatic rings. The number of hydrogen-bond donors (Lipinski definition) is 2. The second-order valence-electron chi connectivity index (χ2n) is 6.23. The molecule has 1 rings (SSSR count). The van der Waals surface area contributed by atoms with E-state index >= 15 is 0 Å². The molecule has 1 atom stereocenters. The molecule has 0 aromatic carbocycles. The Bertz CT molecular complexity index is 327. The van der Waals surface area contributed by atoms with Gasteiger partial charge in [0, 0.05) is 13.0 Å². The van der Waals surface area contributed by atoms with Crippen molar-refractivity contribution in [1.29, 1.82) is 0 Å². The van der Waals surface area contributed by atoms with E-state index in [1.807, 2.05) is 0 Å². The van der Waals surface area contributed by atoms with Gasteiger partial charge >= 0.3 is 5.97 Å². The average molecular weight is 284 g/mol. The van der Waals surface area contributed by atoms with Crippen LogP contribution in [-0.2, 0) is 9.59 Å². The maximum atomic E-state index is 12.2. The molecule has 1 fully saturated rings. The van der Waals surface area contributed by atoms with Crippen LogP contribution in [0.4, 0.5) is 0 Å². The Hall–Kier alpha value is -1.10. The lowest BCUT2D eigenvalue weighted by molar-refractivity contribution is -0.144. The minimum absolute atomic E-state index is 0.0260. The highest BCUT2D eigenvalue weighted by Gasteiger charge is 2.28. The van der Waals surface area contributed by atoms with Gasteiger partial charge in [-0.3, -0.25) is 9.59 Å². The number of amides is 1. The zero-order valence-corrected chi connectivity index (χ0v) is 12.7. The third-order valence-electron chi connectivity index (χ3n) is 4.06. The third-order valence-corrected chi connectivity index (χ3v) is 4.06. The van der Waals surface area contributed by atoms with E-state index in [4.69, 9.17) is 10.8 Å². The monoisotopic (exact) mass is 284 g/mol. The molecular formula is C15H28N2O3. The fraction of sp³-hybridized carbons (Fsp3) is 0.867. The van der Waals surface area contributed by atoms with Gasteiger partial charge in [-0.15, -0.1) is 0 Å². The molecule has 1 aliphatic rings. The highest BCUT2D eigenvalue weighted by atomic mass is 16.4. The standard InChI is InChI=1S/C15H28N2O3/c1-11(2)13(7-8-16)5-6-14(18)17(10-15(19)20)9-12-3-4-12/h11-13H,3-10,16H2,1-2H3,(H,19,20). The van der Waals surface area contributed by atoms with Crippen molar-refractivity contribution in [3.05, 3.63) is 0 Å². The first-order valence-corrected chi connectivity index (χ1v) is 7.63. The fourth-order valence-electron chi connectivity index (χ4n) is 2.52. The van der Waals surface area contributed by atoms with E-state index in [-0.39, 0.29) is 12.5 Å². The average Bonchev–Trinajstić information content (AvgIpc) is 3.16. The summed E-state index contributed by atoms with van der Waals surface area (Å²) < 4.78 is 0. The van der Waals surface area contributed by atoms with Crippen LogP contribution in [0, 0.1) is 17.8 Å². The number of rotatable bonds is 10. The predicted molar refractivity (Wildman–Crippen MR) is 78.2 cm³/mol. The summed E-state index contributed by atoms with van der Waals surface area (Å²) >= 11 is 0. The smallest absolute Gasteiger partial charge is 0.323 e. The maximum Gasteiger partial charge on any atom is 0.323 e. The van der Waals surface area contributed by atoms with E-state index < -0.39 is 5.97 Å². The number of nitrogens with zero attached hydrogens (tertiary/aromatic N) is 1. The van der Waals surface area contributed by atoms with E-state index in [0.717, 1.165) is 25.7 Å². The molecule has 1 saturated carbocycles. The van der Waals surface area contributed by atoms with Crippen molar-refractivity contribution in [3.8, 4) is 0 Å². The highest BCUT2D eigenvalue weighted by molar-refractivity contribution is 5.81.